The number of aromatic nitrogens is 2. The van der Waals surface area contributed by atoms with E-state index in [1.807, 2.05) is 6.20 Å². The first-order valence-electron chi connectivity index (χ1n) is 7.67. The maximum absolute atomic E-state index is 4.46. The Labute approximate surface area is 121 Å². The van der Waals surface area contributed by atoms with Crippen LogP contribution in [0.5, 0.6) is 0 Å². The molecule has 1 aromatic carbocycles. The fourth-order valence-corrected chi connectivity index (χ4v) is 2.55. The summed E-state index contributed by atoms with van der Waals surface area (Å²) in [6, 6.07) is 9.49. The summed E-state index contributed by atoms with van der Waals surface area (Å²) < 4.78 is 2.28. The molecule has 0 aliphatic heterocycles. The van der Waals surface area contributed by atoms with E-state index >= 15 is 0 Å². The summed E-state index contributed by atoms with van der Waals surface area (Å²) in [5.41, 5.74) is 2.81. The Morgan fingerprint density at radius 3 is 2.80 bits per heavy atom. The third-order valence-electron chi connectivity index (χ3n) is 3.89. The molecule has 3 heteroatoms. The Kier molecular flexibility index (Phi) is 4.16. The molecule has 0 amide bonds. The molecular formula is C17H23N3. The first-order chi connectivity index (χ1) is 9.86. The van der Waals surface area contributed by atoms with Gasteiger partial charge in [-0.2, -0.15) is 0 Å². The Morgan fingerprint density at radius 2 is 2.05 bits per heavy atom. The van der Waals surface area contributed by atoms with Crippen LogP contribution in [-0.2, 0) is 19.5 Å². The lowest BCUT2D eigenvalue weighted by Gasteiger charge is -2.12. The topological polar surface area (TPSA) is 29.9 Å². The lowest BCUT2D eigenvalue weighted by molar-refractivity contribution is 0.664. The van der Waals surface area contributed by atoms with Crippen LogP contribution in [0.15, 0.2) is 36.7 Å². The van der Waals surface area contributed by atoms with E-state index in [9.17, 15) is 0 Å². The number of imidazole rings is 1. The van der Waals surface area contributed by atoms with Crippen molar-refractivity contribution in [3.63, 3.8) is 0 Å². The van der Waals surface area contributed by atoms with Crippen LogP contribution in [0.4, 0.5) is 0 Å². The van der Waals surface area contributed by atoms with E-state index in [0.29, 0.717) is 0 Å². The summed E-state index contributed by atoms with van der Waals surface area (Å²) in [5.74, 6) is 1.19. The van der Waals surface area contributed by atoms with Crippen molar-refractivity contribution in [3.05, 3.63) is 53.6 Å². The van der Waals surface area contributed by atoms with Crippen LogP contribution in [0.1, 0.15) is 43.1 Å². The van der Waals surface area contributed by atoms with Crippen LogP contribution in [-0.4, -0.2) is 15.6 Å². The second kappa shape index (κ2) is 6.23. The molecule has 1 heterocycles. The van der Waals surface area contributed by atoms with E-state index in [0.717, 1.165) is 32.0 Å². The summed E-state index contributed by atoms with van der Waals surface area (Å²) >= 11 is 0. The Balaban J connectivity index is 1.73. The third-order valence-corrected chi connectivity index (χ3v) is 3.89. The number of aryl methyl sites for hydroxylation is 1. The molecule has 0 atom stereocenters. The average Bonchev–Trinajstić information content (AvgIpc) is 3.20. The molecular weight excluding hydrogens is 246 g/mol. The second-order valence-electron chi connectivity index (χ2n) is 5.65. The number of benzene rings is 1. The van der Waals surface area contributed by atoms with Crippen LogP contribution in [0.25, 0.3) is 0 Å². The van der Waals surface area contributed by atoms with Gasteiger partial charge < -0.3 is 9.88 Å². The van der Waals surface area contributed by atoms with E-state index in [2.05, 4.69) is 52.3 Å². The molecule has 2 aromatic rings. The molecule has 0 radical (unpaired) electrons. The number of hydrogen-bond donors (Lipinski definition) is 1. The van der Waals surface area contributed by atoms with Crippen molar-refractivity contribution in [3.8, 4) is 0 Å². The number of nitrogens with one attached hydrogen (secondary N) is 1. The minimum atomic E-state index is 0.756. The molecule has 0 saturated heterocycles. The van der Waals surface area contributed by atoms with Gasteiger partial charge in [0.2, 0.25) is 0 Å². The van der Waals surface area contributed by atoms with E-state index in [-0.39, 0.29) is 0 Å². The van der Waals surface area contributed by atoms with Crippen molar-refractivity contribution < 1.29 is 0 Å². The molecule has 3 nitrogen and oxygen atoms in total. The molecule has 3 rings (SSSR count). The molecule has 106 valence electrons. The molecule has 1 aromatic heterocycles. The maximum atomic E-state index is 4.46. The van der Waals surface area contributed by atoms with Crippen LogP contribution in [0.3, 0.4) is 0 Å². The van der Waals surface area contributed by atoms with Gasteiger partial charge >= 0.3 is 0 Å². The molecule has 0 spiro atoms. The summed E-state index contributed by atoms with van der Waals surface area (Å²) in [6.45, 7) is 4.11. The van der Waals surface area contributed by atoms with Crippen molar-refractivity contribution in [2.24, 2.45) is 0 Å². The minimum absolute atomic E-state index is 0.756. The Hall–Kier alpha value is -1.61. The standard InChI is InChI=1S/C17H23N3/c1-2-5-17-18-10-11-20(17)13-15-7-4-3-6-14(15)12-19-16-8-9-16/h3-4,6-7,10-11,16,19H,2,5,8-9,12-13H2,1H3. The molecule has 1 fully saturated rings. The summed E-state index contributed by atoms with van der Waals surface area (Å²) in [4.78, 5) is 4.46. The van der Waals surface area contributed by atoms with E-state index in [1.165, 1.54) is 29.8 Å². The van der Waals surface area contributed by atoms with Gasteiger partial charge in [0.1, 0.15) is 5.82 Å². The fraction of sp³-hybridized carbons (Fsp3) is 0.471. The van der Waals surface area contributed by atoms with Crippen LogP contribution in [0.2, 0.25) is 0 Å². The maximum Gasteiger partial charge on any atom is 0.108 e. The summed E-state index contributed by atoms with van der Waals surface area (Å²) in [7, 11) is 0. The minimum Gasteiger partial charge on any atom is -0.331 e. The Bertz CT molecular complexity index is 555. The zero-order chi connectivity index (χ0) is 13.8. The molecule has 0 unspecified atom stereocenters. The quantitative estimate of drug-likeness (QED) is 0.837. The zero-order valence-corrected chi connectivity index (χ0v) is 12.2. The lowest BCUT2D eigenvalue weighted by Crippen LogP contribution is -2.17. The van der Waals surface area contributed by atoms with Gasteiger partial charge in [-0.3, -0.25) is 0 Å². The first-order valence-corrected chi connectivity index (χ1v) is 7.67. The monoisotopic (exact) mass is 269 g/mol. The lowest BCUT2D eigenvalue weighted by atomic mass is 10.1. The average molecular weight is 269 g/mol. The molecule has 1 aliphatic rings. The van der Waals surface area contributed by atoms with Crippen molar-refractivity contribution in [1.29, 1.82) is 0 Å². The number of nitrogens with zero attached hydrogens (tertiary/aromatic N) is 2. The molecule has 1 N–H and O–H groups in total. The van der Waals surface area contributed by atoms with Gasteiger partial charge in [0.05, 0.1) is 0 Å². The molecule has 20 heavy (non-hydrogen) atoms. The van der Waals surface area contributed by atoms with E-state index in [4.69, 9.17) is 0 Å². The Morgan fingerprint density at radius 1 is 1.25 bits per heavy atom. The number of hydrogen-bond acceptors (Lipinski definition) is 2. The number of rotatable bonds is 7. The third kappa shape index (κ3) is 3.28. The van der Waals surface area contributed by atoms with Crippen molar-refractivity contribution >= 4 is 0 Å². The van der Waals surface area contributed by atoms with Crippen LogP contribution >= 0.6 is 0 Å². The summed E-state index contributed by atoms with van der Waals surface area (Å²) in [5, 5.41) is 3.61. The van der Waals surface area contributed by atoms with Gasteiger partial charge in [-0.25, -0.2) is 4.98 Å². The van der Waals surface area contributed by atoms with E-state index < -0.39 is 0 Å². The van der Waals surface area contributed by atoms with Gasteiger partial charge in [-0.15, -0.1) is 0 Å². The molecule has 1 saturated carbocycles. The molecule has 0 bridgehead atoms. The highest BCUT2D eigenvalue weighted by molar-refractivity contribution is 5.27. The normalized spacial score (nSPS) is 14.7. The van der Waals surface area contributed by atoms with Crippen LogP contribution in [0, 0.1) is 0 Å². The SMILES string of the molecule is CCCc1nccn1Cc1ccccc1CNC1CC1. The zero-order valence-electron chi connectivity index (χ0n) is 12.2. The van der Waals surface area contributed by atoms with Gasteiger partial charge in [-0.1, -0.05) is 31.2 Å². The van der Waals surface area contributed by atoms with Gasteiger partial charge in [0, 0.05) is 37.9 Å². The van der Waals surface area contributed by atoms with Crippen molar-refractivity contribution in [2.45, 2.75) is 51.7 Å². The van der Waals surface area contributed by atoms with Gasteiger partial charge in [0.25, 0.3) is 0 Å². The van der Waals surface area contributed by atoms with Gasteiger partial charge in [0.15, 0.2) is 0 Å². The molecule has 1 aliphatic carbocycles. The second-order valence-corrected chi connectivity index (χ2v) is 5.65. The predicted molar refractivity (Wildman–Crippen MR) is 81.6 cm³/mol. The first kappa shape index (κ1) is 13.4. The van der Waals surface area contributed by atoms with Gasteiger partial charge in [-0.05, 0) is 30.4 Å². The van der Waals surface area contributed by atoms with Crippen molar-refractivity contribution in [2.75, 3.05) is 0 Å². The fourth-order valence-electron chi connectivity index (χ4n) is 2.55. The highest BCUT2D eigenvalue weighted by Crippen LogP contribution is 2.20. The highest BCUT2D eigenvalue weighted by atomic mass is 15.1. The highest BCUT2D eigenvalue weighted by Gasteiger charge is 2.20. The smallest absolute Gasteiger partial charge is 0.108 e. The van der Waals surface area contributed by atoms with E-state index in [1.54, 1.807) is 0 Å². The van der Waals surface area contributed by atoms with Crippen LogP contribution < -0.4 is 5.32 Å². The predicted octanol–water partition coefficient (Wildman–Crippen LogP) is 3.14. The summed E-state index contributed by atoms with van der Waals surface area (Å²) in [6.07, 6.45) is 8.87. The largest absolute Gasteiger partial charge is 0.331 e. The van der Waals surface area contributed by atoms with Crippen molar-refractivity contribution in [1.82, 2.24) is 14.9 Å².